The maximum Gasteiger partial charge on any atom is 0.261 e. The van der Waals surface area contributed by atoms with Crippen LogP contribution in [0.3, 0.4) is 0 Å². The van der Waals surface area contributed by atoms with Crippen molar-refractivity contribution in [3.63, 3.8) is 0 Å². The fraction of sp³-hybridized carbons (Fsp3) is 0.0526. The first-order valence-corrected chi connectivity index (χ1v) is 7.39. The highest BCUT2D eigenvalue weighted by atomic mass is 16.5. The molecule has 1 N–H and O–H groups in total. The van der Waals surface area contributed by atoms with Crippen LogP contribution in [0.2, 0.25) is 0 Å². The molecule has 24 heavy (non-hydrogen) atoms. The van der Waals surface area contributed by atoms with E-state index in [0.29, 0.717) is 17.0 Å². The molecule has 0 saturated heterocycles. The number of aromatic nitrogens is 1. The molecule has 0 radical (unpaired) electrons. The number of ether oxygens (including phenoxy) is 2. The second-order valence-electron chi connectivity index (χ2n) is 4.95. The summed E-state index contributed by atoms with van der Waals surface area (Å²) in [5, 5.41) is 2.82. The molecule has 3 rings (SSSR count). The lowest BCUT2D eigenvalue weighted by Gasteiger charge is -2.10. The Balaban J connectivity index is 1.79. The molecule has 1 heterocycles. The minimum absolute atomic E-state index is 0.259. The minimum Gasteiger partial charge on any atom is -0.497 e. The Labute approximate surface area is 139 Å². The molecule has 1 amide bonds. The number of amides is 1. The van der Waals surface area contributed by atoms with Crippen molar-refractivity contribution in [2.75, 3.05) is 12.4 Å². The highest BCUT2D eigenvalue weighted by Crippen LogP contribution is 2.24. The highest BCUT2D eigenvalue weighted by Gasteiger charge is 2.14. The summed E-state index contributed by atoms with van der Waals surface area (Å²) < 4.78 is 10.8. The molecule has 120 valence electrons. The van der Waals surface area contributed by atoms with E-state index in [2.05, 4.69) is 10.3 Å². The molecule has 0 bridgehead atoms. The van der Waals surface area contributed by atoms with Gasteiger partial charge in [0.2, 0.25) is 5.88 Å². The zero-order chi connectivity index (χ0) is 16.8. The number of pyridine rings is 1. The standard InChI is InChI=1S/C19H16N2O3/c1-23-15-11-9-14(10-12-15)21-18(22)17-8-5-13-20-19(17)24-16-6-3-2-4-7-16/h2-13H,1H3,(H,21,22). The molecular formula is C19H16N2O3. The molecular weight excluding hydrogens is 304 g/mol. The van der Waals surface area contributed by atoms with Crippen molar-refractivity contribution >= 4 is 11.6 Å². The fourth-order valence-corrected chi connectivity index (χ4v) is 2.12. The second kappa shape index (κ2) is 7.28. The van der Waals surface area contributed by atoms with E-state index in [1.807, 2.05) is 18.2 Å². The van der Waals surface area contributed by atoms with Crippen molar-refractivity contribution in [3.05, 3.63) is 78.5 Å². The molecule has 0 aliphatic carbocycles. The van der Waals surface area contributed by atoms with Crippen molar-refractivity contribution in [3.8, 4) is 17.4 Å². The Morgan fingerprint density at radius 1 is 0.917 bits per heavy atom. The van der Waals surface area contributed by atoms with Gasteiger partial charge in [0.05, 0.1) is 7.11 Å². The average molecular weight is 320 g/mol. The van der Waals surface area contributed by atoms with E-state index in [4.69, 9.17) is 9.47 Å². The van der Waals surface area contributed by atoms with Gasteiger partial charge in [-0.25, -0.2) is 4.98 Å². The summed E-state index contributed by atoms with van der Waals surface area (Å²) in [6, 6.07) is 19.7. The summed E-state index contributed by atoms with van der Waals surface area (Å²) in [7, 11) is 1.59. The summed E-state index contributed by atoms with van der Waals surface area (Å²) in [5.74, 6) is 1.31. The molecule has 5 nitrogen and oxygen atoms in total. The van der Waals surface area contributed by atoms with Crippen LogP contribution in [0.5, 0.6) is 17.4 Å². The van der Waals surface area contributed by atoms with Crippen LogP contribution in [-0.4, -0.2) is 18.0 Å². The Morgan fingerprint density at radius 2 is 1.67 bits per heavy atom. The number of rotatable bonds is 5. The van der Waals surface area contributed by atoms with Crippen molar-refractivity contribution in [1.29, 1.82) is 0 Å². The molecule has 0 aliphatic rings. The smallest absolute Gasteiger partial charge is 0.261 e. The zero-order valence-electron chi connectivity index (χ0n) is 13.1. The number of carbonyl (C=O) groups excluding carboxylic acids is 1. The third-order valence-corrected chi connectivity index (χ3v) is 3.32. The van der Waals surface area contributed by atoms with E-state index in [9.17, 15) is 4.79 Å². The molecule has 0 unspecified atom stereocenters. The predicted octanol–water partition coefficient (Wildman–Crippen LogP) is 4.13. The van der Waals surface area contributed by atoms with Crippen LogP contribution in [-0.2, 0) is 0 Å². The van der Waals surface area contributed by atoms with Gasteiger partial charge in [0.25, 0.3) is 5.91 Å². The van der Waals surface area contributed by atoms with Gasteiger partial charge >= 0.3 is 0 Å². The van der Waals surface area contributed by atoms with Gasteiger partial charge in [0.15, 0.2) is 0 Å². The summed E-state index contributed by atoms with van der Waals surface area (Å²) >= 11 is 0. The van der Waals surface area contributed by atoms with Gasteiger partial charge in [0, 0.05) is 11.9 Å². The molecule has 5 heteroatoms. The third-order valence-electron chi connectivity index (χ3n) is 3.32. The first-order chi connectivity index (χ1) is 11.8. The van der Waals surface area contributed by atoms with Gasteiger partial charge in [-0.15, -0.1) is 0 Å². The maximum absolute atomic E-state index is 12.5. The third kappa shape index (κ3) is 3.70. The number of hydrogen-bond donors (Lipinski definition) is 1. The lowest BCUT2D eigenvalue weighted by Crippen LogP contribution is -2.13. The summed E-state index contributed by atoms with van der Waals surface area (Å²) in [4.78, 5) is 16.7. The Morgan fingerprint density at radius 3 is 2.38 bits per heavy atom. The van der Waals surface area contributed by atoms with Crippen molar-refractivity contribution in [1.82, 2.24) is 4.98 Å². The zero-order valence-corrected chi connectivity index (χ0v) is 13.1. The quantitative estimate of drug-likeness (QED) is 0.767. The lowest BCUT2D eigenvalue weighted by molar-refractivity contribution is 0.102. The van der Waals surface area contributed by atoms with E-state index in [1.54, 1.807) is 61.8 Å². The number of anilines is 1. The van der Waals surface area contributed by atoms with Gasteiger partial charge in [0.1, 0.15) is 17.1 Å². The highest BCUT2D eigenvalue weighted by molar-refractivity contribution is 6.05. The Kier molecular flexibility index (Phi) is 4.72. The molecule has 0 spiro atoms. The summed E-state index contributed by atoms with van der Waals surface area (Å²) in [5.41, 5.74) is 1.02. The number of carbonyl (C=O) groups is 1. The van der Waals surface area contributed by atoms with Crippen LogP contribution in [0.25, 0.3) is 0 Å². The van der Waals surface area contributed by atoms with Crippen LogP contribution in [0.15, 0.2) is 72.9 Å². The molecule has 2 aromatic carbocycles. The average Bonchev–Trinajstić information content (AvgIpc) is 2.63. The van der Waals surface area contributed by atoms with Gasteiger partial charge < -0.3 is 14.8 Å². The predicted molar refractivity (Wildman–Crippen MR) is 91.7 cm³/mol. The van der Waals surface area contributed by atoms with Crippen molar-refractivity contribution in [2.24, 2.45) is 0 Å². The number of nitrogens with zero attached hydrogens (tertiary/aromatic N) is 1. The van der Waals surface area contributed by atoms with E-state index in [0.717, 1.165) is 5.75 Å². The molecule has 0 fully saturated rings. The fourth-order valence-electron chi connectivity index (χ4n) is 2.12. The largest absolute Gasteiger partial charge is 0.497 e. The molecule has 1 aromatic heterocycles. The number of para-hydroxylation sites is 1. The van der Waals surface area contributed by atoms with Gasteiger partial charge in [-0.3, -0.25) is 4.79 Å². The van der Waals surface area contributed by atoms with Crippen LogP contribution in [0.1, 0.15) is 10.4 Å². The SMILES string of the molecule is COc1ccc(NC(=O)c2cccnc2Oc2ccccc2)cc1. The van der Waals surface area contributed by atoms with E-state index < -0.39 is 0 Å². The Bertz CT molecular complexity index is 818. The molecule has 0 saturated carbocycles. The number of methoxy groups -OCH3 is 1. The van der Waals surface area contributed by atoms with Gasteiger partial charge in [-0.05, 0) is 48.5 Å². The van der Waals surface area contributed by atoms with Crippen LogP contribution < -0.4 is 14.8 Å². The summed E-state index contributed by atoms with van der Waals surface area (Å²) in [6.45, 7) is 0. The molecule has 0 aliphatic heterocycles. The van der Waals surface area contributed by atoms with Crippen molar-refractivity contribution in [2.45, 2.75) is 0 Å². The maximum atomic E-state index is 12.5. The van der Waals surface area contributed by atoms with E-state index in [-0.39, 0.29) is 11.8 Å². The number of nitrogens with one attached hydrogen (secondary N) is 1. The first-order valence-electron chi connectivity index (χ1n) is 7.39. The summed E-state index contributed by atoms with van der Waals surface area (Å²) in [6.07, 6.45) is 1.59. The van der Waals surface area contributed by atoms with Crippen molar-refractivity contribution < 1.29 is 14.3 Å². The Hall–Kier alpha value is -3.34. The minimum atomic E-state index is -0.292. The monoisotopic (exact) mass is 320 g/mol. The molecule has 0 atom stereocenters. The van der Waals surface area contributed by atoms with Gasteiger partial charge in [-0.2, -0.15) is 0 Å². The topological polar surface area (TPSA) is 60.5 Å². The first kappa shape index (κ1) is 15.6. The lowest BCUT2D eigenvalue weighted by atomic mass is 10.2. The van der Waals surface area contributed by atoms with Crippen LogP contribution in [0, 0.1) is 0 Å². The second-order valence-corrected chi connectivity index (χ2v) is 4.95. The van der Waals surface area contributed by atoms with Crippen LogP contribution in [0.4, 0.5) is 5.69 Å². The molecule has 3 aromatic rings. The normalized spacial score (nSPS) is 10.0. The number of hydrogen-bond acceptors (Lipinski definition) is 4. The van der Waals surface area contributed by atoms with E-state index in [1.165, 1.54) is 0 Å². The van der Waals surface area contributed by atoms with Crippen LogP contribution >= 0.6 is 0 Å². The number of benzene rings is 2. The van der Waals surface area contributed by atoms with E-state index >= 15 is 0 Å². The van der Waals surface area contributed by atoms with Gasteiger partial charge in [-0.1, -0.05) is 18.2 Å².